The number of thioether (sulfide) groups is 1. The second kappa shape index (κ2) is 34.0. The summed E-state index contributed by atoms with van der Waals surface area (Å²) in [7, 11) is 3.22. The number of fused-ring (bicyclic) bond motifs is 17. The second-order valence-electron chi connectivity index (χ2n) is 25.1. The molecular formula is C84H53BrCl6O21S. The molecule has 113 heavy (non-hydrogen) atoms. The Hall–Kier alpha value is -10.7. The number of cyclic esters (lactones) is 12. The lowest BCUT2D eigenvalue weighted by Crippen LogP contribution is -2.06. The highest BCUT2D eigenvalue weighted by atomic mass is 79.9. The summed E-state index contributed by atoms with van der Waals surface area (Å²) in [6.07, 6.45) is 3.75. The topological polar surface area (TPSA) is 288 Å². The summed E-state index contributed by atoms with van der Waals surface area (Å²) in [5.74, 6) is -6.00. The molecule has 0 saturated carbocycles. The number of methoxy groups -OCH3 is 2. The average molecular weight is 1720 g/mol. The van der Waals surface area contributed by atoms with Crippen LogP contribution in [0.3, 0.4) is 0 Å². The summed E-state index contributed by atoms with van der Waals surface area (Å²) in [4.78, 5) is 141. The van der Waals surface area contributed by atoms with Crippen LogP contribution in [0.15, 0.2) is 161 Å². The fourth-order valence-corrected chi connectivity index (χ4v) is 16.8. The van der Waals surface area contributed by atoms with E-state index in [4.69, 9.17) is 93.3 Å². The van der Waals surface area contributed by atoms with Gasteiger partial charge in [-0.05, 0) is 132 Å². The Bertz CT molecular complexity index is 6030. The first-order chi connectivity index (χ1) is 54.3. The molecule has 0 radical (unpaired) electrons. The predicted octanol–water partition coefficient (Wildman–Crippen LogP) is 20.3. The third-order valence-corrected chi connectivity index (χ3v) is 22.7. The molecule has 0 unspecified atom stereocenters. The summed E-state index contributed by atoms with van der Waals surface area (Å²) in [5, 5.41) is 8.37. The zero-order chi connectivity index (χ0) is 80.5. The van der Waals surface area contributed by atoms with Crippen molar-refractivity contribution >= 4 is 234 Å². The Morgan fingerprint density at radius 2 is 0.726 bits per heavy atom. The van der Waals surface area contributed by atoms with Gasteiger partial charge in [-0.25, -0.2) is 57.5 Å². The van der Waals surface area contributed by atoms with Gasteiger partial charge < -0.3 is 42.6 Å². The van der Waals surface area contributed by atoms with Crippen molar-refractivity contribution < 1.29 is 100 Å². The molecule has 12 aromatic carbocycles. The second-order valence-corrected chi connectivity index (χ2v) is 29.5. The van der Waals surface area contributed by atoms with Crippen LogP contribution in [0.25, 0.3) is 64.6 Å². The molecule has 29 heteroatoms. The predicted molar refractivity (Wildman–Crippen MR) is 428 cm³/mol. The molecule has 0 saturated heterocycles. The third kappa shape index (κ3) is 15.2. The lowest BCUT2D eigenvalue weighted by atomic mass is 9.93. The van der Waals surface area contributed by atoms with Crippen LogP contribution in [0.2, 0.25) is 30.1 Å². The quantitative estimate of drug-likeness (QED) is 0.0209. The van der Waals surface area contributed by atoms with Crippen LogP contribution in [-0.4, -0.2) is 111 Å². The van der Waals surface area contributed by atoms with Crippen molar-refractivity contribution in [3.63, 3.8) is 0 Å². The summed E-state index contributed by atoms with van der Waals surface area (Å²) in [5.41, 5.74) is 5.33. The molecule has 0 aliphatic carbocycles. The van der Waals surface area contributed by atoms with Gasteiger partial charge in [-0.3, -0.25) is 0 Å². The standard InChI is InChI=1S/C16H14O3.C15H12O5.C15H12O4.C14H10O3S.C12H5BrO3.C12Cl6O3/c1-2-3-6-10-9-13-14(16(18)19-15(13)17)12-8-5-4-7-11(10)12;1-18-6-7-19-12-8-11-13(15(17)20-14(11)16)10-5-3-2-4-9(10)12;1-18-7-6-9-8-12-13(15(17)19-14(12)16)11-5-3-2-4-10(9)11;1-2-18-11-5-3-4-9-8(11)6-7-10-12(9)14(16)17-13(10)15;13-8-5-6-3-1-2-4-7(6)9-10(8)12(15)16-11(9)14;13-5-1-2(8(16)10(18)9(17)7(1)15)6(14)4-3(5)11(19)21-12(4)20/h4-5,7-9H,2-3,6H2,1H3;2-5,8H,6-7H2,1H3;2-5,8H,6-7H2,1H3;3-7H,2H2,1H3;1-5H;. The van der Waals surface area contributed by atoms with Crippen LogP contribution in [0.4, 0.5) is 0 Å². The number of ether oxygens (including phenoxy) is 9. The maximum absolute atomic E-state index is 11.8. The number of rotatable bonds is 12. The first-order valence-electron chi connectivity index (χ1n) is 34.2. The van der Waals surface area contributed by atoms with Crippen molar-refractivity contribution in [1.29, 1.82) is 0 Å². The van der Waals surface area contributed by atoms with E-state index < -0.39 is 71.6 Å². The van der Waals surface area contributed by atoms with Gasteiger partial charge in [0.15, 0.2) is 0 Å². The zero-order valence-electron chi connectivity index (χ0n) is 59.2. The third-order valence-electron chi connectivity index (χ3n) is 18.5. The molecule has 0 N–H and O–H groups in total. The molecule has 570 valence electrons. The number of esters is 12. The summed E-state index contributed by atoms with van der Waals surface area (Å²) >= 11 is 41.5. The molecule has 0 spiro atoms. The van der Waals surface area contributed by atoms with E-state index in [9.17, 15) is 57.5 Å². The number of hydrogen-bond donors (Lipinski definition) is 0. The zero-order valence-corrected chi connectivity index (χ0v) is 66.2. The Morgan fingerprint density at radius 1 is 0.336 bits per heavy atom. The Balaban J connectivity index is 0.000000119. The van der Waals surface area contributed by atoms with Gasteiger partial charge in [0.05, 0.1) is 110 Å². The van der Waals surface area contributed by atoms with Crippen molar-refractivity contribution in [2.75, 3.05) is 39.8 Å². The lowest BCUT2D eigenvalue weighted by Gasteiger charge is -2.13. The number of carbonyl (C=O) groups excluding carboxylic acids is 12. The lowest BCUT2D eigenvalue weighted by molar-refractivity contribution is 0.0426. The molecule has 0 aromatic heterocycles. The van der Waals surface area contributed by atoms with Crippen LogP contribution >= 0.6 is 97.3 Å². The minimum absolute atomic E-state index is 0.0251. The fourth-order valence-electron chi connectivity index (χ4n) is 13.5. The SMILES string of the molecule is CCCCc1cc2c(c3ccccc13)C(=O)OC2=O.CCSc1cccc2c3c(ccc12)C(=O)OC3=O.COCCOc1cc2c(c3ccccc13)C(=O)OC2=O.COCCc1cc2c(c3ccccc13)C(=O)OC2=O.O=C1OC(=O)c2c1c(Br)cc1ccccc21.O=C1OC(=O)c2c1c(Cl)c1c(Cl)c(Cl)c(Cl)c(Cl)c1c2Cl. The van der Waals surface area contributed by atoms with E-state index in [1.54, 1.807) is 62.4 Å². The molecule has 12 aromatic rings. The van der Waals surface area contributed by atoms with Crippen molar-refractivity contribution in [1.82, 2.24) is 0 Å². The minimum Gasteiger partial charge on any atom is -0.491 e. The van der Waals surface area contributed by atoms with E-state index in [1.165, 1.54) is 0 Å². The van der Waals surface area contributed by atoms with Crippen molar-refractivity contribution in [2.24, 2.45) is 0 Å². The molecular weight excluding hydrogens is 1670 g/mol. The van der Waals surface area contributed by atoms with Gasteiger partial charge in [-0.2, -0.15) is 0 Å². The van der Waals surface area contributed by atoms with Gasteiger partial charge in [0.2, 0.25) is 0 Å². The van der Waals surface area contributed by atoms with Crippen molar-refractivity contribution in [3.8, 4) is 5.75 Å². The van der Waals surface area contributed by atoms with Crippen molar-refractivity contribution in [2.45, 2.75) is 44.4 Å². The maximum Gasteiger partial charge on any atom is 0.348 e. The van der Waals surface area contributed by atoms with Crippen molar-refractivity contribution in [3.05, 3.63) is 264 Å². The number of aryl methyl sites for hydroxylation is 1. The van der Waals surface area contributed by atoms with Gasteiger partial charge in [0.25, 0.3) is 0 Å². The molecule has 0 amide bonds. The van der Waals surface area contributed by atoms with Crippen LogP contribution in [-0.2, 0) is 50.7 Å². The highest BCUT2D eigenvalue weighted by molar-refractivity contribution is 9.10. The van der Waals surface area contributed by atoms with Gasteiger partial charge in [0, 0.05) is 45.1 Å². The highest BCUT2D eigenvalue weighted by Gasteiger charge is 2.41. The Kier molecular flexibility index (Phi) is 24.2. The first-order valence-corrected chi connectivity index (χ1v) is 38.3. The largest absolute Gasteiger partial charge is 0.491 e. The van der Waals surface area contributed by atoms with Gasteiger partial charge >= 0.3 is 71.6 Å². The van der Waals surface area contributed by atoms with Crippen LogP contribution in [0.1, 0.15) is 162 Å². The van der Waals surface area contributed by atoms with E-state index in [0.29, 0.717) is 91.9 Å². The number of carbonyl (C=O) groups is 12. The number of unbranched alkanes of at least 4 members (excludes halogenated alkanes) is 1. The van der Waals surface area contributed by atoms with E-state index in [2.05, 4.69) is 48.7 Å². The molecule has 0 atom stereocenters. The molecule has 18 rings (SSSR count). The normalized spacial score (nSPS) is 13.8. The van der Waals surface area contributed by atoms with Gasteiger partial charge in [-0.15, -0.1) is 11.8 Å². The number of hydrogen-bond acceptors (Lipinski definition) is 22. The van der Waals surface area contributed by atoms with E-state index in [-0.39, 0.29) is 57.6 Å². The molecule has 21 nitrogen and oxygen atoms in total. The number of halogens is 7. The molecule has 6 heterocycles. The average Bonchev–Trinajstić information content (AvgIpc) is 1.70. The molecule has 0 fully saturated rings. The monoisotopic (exact) mass is 1720 g/mol. The summed E-state index contributed by atoms with van der Waals surface area (Å²) in [6, 6.07) is 46.2. The summed E-state index contributed by atoms with van der Waals surface area (Å²) in [6.45, 7) is 5.57. The molecule has 6 aliphatic heterocycles. The Morgan fingerprint density at radius 3 is 1.22 bits per heavy atom. The van der Waals surface area contributed by atoms with E-state index >= 15 is 0 Å². The van der Waals surface area contributed by atoms with E-state index in [0.717, 1.165) is 89.5 Å². The first kappa shape index (κ1) is 80.4. The van der Waals surface area contributed by atoms with Crippen LogP contribution in [0, 0.1) is 0 Å². The van der Waals surface area contributed by atoms with E-state index in [1.807, 2.05) is 115 Å². The van der Waals surface area contributed by atoms with Crippen LogP contribution in [0.5, 0.6) is 5.75 Å². The van der Waals surface area contributed by atoms with Gasteiger partial charge in [-0.1, -0.05) is 205 Å². The molecule has 6 aliphatic rings. The number of benzene rings is 12. The minimum atomic E-state index is -0.915. The van der Waals surface area contributed by atoms with Gasteiger partial charge in [0.1, 0.15) is 12.4 Å². The highest BCUT2D eigenvalue weighted by Crippen LogP contribution is 2.52. The fraction of sp³-hybridized carbons (Fsp3) is 0.143. The maximum atomic E-state index is 11.8. The Labute approximate surface area is 682 Å². The van der Waals surface area contributed by atoms with Crippen LogP contribution < -0.4 is 4.74 Å². The summed E-state index contributed by atoms with van der Waals surface area (Å²) < 4.78 is 44.1. The smallest absolute Gasteiger partial charge is 0.348 e. The molecule has 0 bridgehead atoms.